The lowest BCUT2D eigenvalue weighted by Gasteiger charge is -2.07. The van der Waals surface area contributed by atoms with Gasteiger partial charge in [-0.1, -0.05) is 80.1 Å². The first-order chi connectivity index (χ1) is 17.0. The second-order valence-electron chi connectivity index (χ2n) is 7.60. The fourth-order valence-corrected chi connectivity index (χ4v) is 3.80. The minimum atomic E-state index is -0.394. The Hall–Kier alpha value is -3.76. The molecule has 0 atom stereocenters. The van der Waals surface area contributed by atoms with Crippen LogP contribution in [0.2, 0.25) is 5.02 Å². The van der Waals surface area contributed by atoms with Crippen LogP contribution in [-0.2, 0) is 11.2 Å². The van der Waals surface area contributed by atoms with Gasteiger partial charge in [0.1, 0.15) is 0 Å². The number of benzene rings is 3. The number of hydrogen-bond donors (Lipinski definition) is 0. The zero-order valence-electron chi connectivity index (χ0n) is 20.1. The summed E-state index contributed by atoms with van der Waals surface area (Å²) < 4.78 is 4.83. The Labute approximate surface area is 211 Å². The molecule has 4 aromatic rings. The van der Waals surface area contributed by atoms with Crippen LogP contribution in [0.25, 0.3) is 23.1 Å². The predicted octanol–water partition coefficient (Wildman–Crippen LogP) is 7.69. The van der Waals surface area contributed by atoms with Crippen LogP contribution in [-0.4, -0.2) is 23.8 Å². The summed E-state index contributed by atoms with van der Waals surface area (Å²) in [7, 11) is 1.35. The summed E-state index contributed by atoms with van der Waals surface area (Å²) in [6.07, 6.45) is 4.61. The van der Waals surface area contributed by atoms with Crippen LogP contribution in [0, 0.1) is 0 Å². The monoisotopic (exact) mass is 485 g/mol. The van der Waals surface area contributed by atoms with E-state index in [1.807, 2.05) is 92.7 Å². The van der Waals surface area contributed by atoms with Gasteiger partial charge in [-0.25, -0.2) is 9.78 Å². The van der Waals surface area contributed by atoms with E-state index in [4.69, 9.17) is 16.3 Å². The second-order valence-corrected chi connectivity index (χ2v) is 8.04. The zero-order valence-corrected chi connectivity index (χ0v) is 20.9. The highest BCUT2D eigenvalue weighted by Gasteiger charge is 2.13. The molecule has 0 fully saturated rings. The molecular formula is C30H28ClNO3. The normalized spacial score (nSPS) is 10.6. The standard InChI is InChI=1S/C28H22ClNO3.C2H6/c1-33-28(32)25-8-3-2-6-20(25)12-16-27(31)22-7-4-5-19(17-22)9-14-24-15-11-21-10-13-23(29)18-26(21)30-24;1-2/h2-11,13-15,17-18H,12,16H2,1H3;1-2H3/b14-9+;. The summed E-state index contributed by atoms with van der Waals surface area (Å²) in [6, 6.07) is 24.3. The number of fused-ring (bicyclic) bond motifs is 1. The minimum Gasteiger partial charge on any atom is -0.465 e. The molecule has 0 aliphatic carbocycles. The van der Waals surface area contributed by atoms with Gasteiger partial charge in [-0.3, -0.25) is 4.79 Å². The molecule has 0 aliphatic heterocycles. The molecule has 35 heavy (non-hydrogen) atoms. The summed E-state index contributed by atoms with van der Waals surface area (Å²) >= 11 is 6.07. The number of rotatable bonds is 7. The third kappa shape index (κ3) is 6.87. The van der Waals surface area contributed by atoms with E-state index in [1.165, 1.54) is 7.11 Å². The molecule has 4 rings (SSSR count). The Morgan fingerprint density at radius 2 is 1.69 bits per heavy atom. The van der Waals surface area contributed by atoms with Crippen LogP contribution in [0.4, 0.5) is 0 Å². The third-order valence-corrected chi connectivity index (χ3v) is 5.61. The van der Waals surface area contributed by atoms with Crippen molar-refractivity contribution in [2.24, 2.45) is 0 Å². The average molecular weight is 486 g/mol. The number of halogens is 1. The van der Waals surface area contributed by atoms with Crippen molar-refractivity contribution in [3.8, 4) is 0 Å². The maximum Gasteiger partial charge on any atom is 0.338 e. The summed E-state index contributed by atoms with van der Waals surface area (Å²) in [6.45, 7) is 4.00. The first kappa shape index (κ1) is 25.9. The molecule has 0 unspecified atom stereocenters. The van der Waals surface area contributed by atoms with Crippen molar-refractivity contribution in [1.82, 2.24) is 4.98 Å². The number of hydrogen-bond acceptors (Lipinski definition) is 4. The number of ketones is 1. The molecule has 5 heteroatoms. The van der Waals surface area contributed by atoms with E-state index in [9.17, 15) is 9.59 Å². The molecule has 0 aliphatic rings. The first-order valence-corrected chi connectivity index (χ1v) is 12.0. The van der Waals surface area contributed by atoms with Gasteiger partial charge in [-0.2, -0.15) is 0 Å². The molecule has 0 amide bonds. The van der Waals surface area contributed by atoms with Crippen molar-refractivity contribution in [3.63, 3.8) is 0 Å². The smallest absolute Gasteiger partial charge is 0.338 e. The number of Topliss-reactive ketones (excluding diaryl/α,β-unsaturated/α-hetero) is 1. The van der Waals surface area contributed by atoms with E-state index < -0.39 is 5.97 Å². The number of ether oxygens (including phenoxy) is 1. The average Bonchev–Trinajstić information content (AvgIpc) is 2.91. The van der Waals surface area contributed by atoms with Crippen molar-refractivity contribution in [2.75, 3.05) is 7.11 Å². The highest BCUT2D eigenvalue weighted by atomic mass is 35.5. The number of pyridine rings is 1. The number of aromatic nitrogens is 1. The number of methoxy groups -OCH3 is 1. The van der Waals surface area contributed by atoms with Gasteiger partial charge in [0.05, 0.1) is 23.9 Å². The SMILES string of the molecule is CC.COC(=O)c1ccccc1CCC(=O)c1cccc(/C=C/c2ccc3ccc(Cl)cc3n2)c1. The van der Waals surface area contributed by atoms with E-state index in [2.05, 4.69) is 4.98 Å². The van der Waals surface area contributed by atoms with E-state index in [0.29, 0.717) is 29.0 Å². The predicted molar refractivity (Wildman–Crippen MR) is 144 cm³/mol. The van der Waals surface area contributed by atoms with Gasteiger partial charge < -0.3 is 4.74 Å². The van der Waals surface area contributed by atoms with Gasteiger partial charge in [0.2, 0.25) is 0 Å². The van der Waals surface area contributed by atoms with E-state index in [-0.39, 0.29) is 5.78 Å². The van der Waals surface area contributed by atoms with Gasteiger partial charge in [-0.15, -0.1) is 0 Å². The molecule has 0 spiro atoms. The lowest BCUT2D eigenvalue weighted by Crippen LogP contribution is -2.08. The van der Waals surface area contributed by atoms with Crippen LogP contribution in [0.5, 0.6) is 0 Å². The topological polar surface area (TPSA) is 56.3 Å². The van der Waals surface area contributed by atoms with Crippen molar-refractivity contribution in [1.29, 1.82) is 0 Å². The van der Waals surface area contributed by atoms with Gasteiger partial charge in [0.15, 0.2) is 5.78 Å². The fourth-order valence-electron chi connectivity index (χ4n) is 3.64. The Kier molecular flexibility index (Phi) is 9.33. The van der Waals surface area contributed by atoms with Crippen molar-refractivity contribution in [3.05, 3.63) is 112 Å². The molecule has 4 nitrogen and oxygen atoms in total. The summed E-state index contributed by atoms with van der Waals surface area (Å²) in [5, 5.41) is 1.68. The van der Waals surface area contributed by atoms with E-state index >= 15 is 0 Å². The molecule has 0 saturated carbocycles. The molecule has 178 valence electrons. The number of aryl methyl sites for hydroxylation is 1. The molecular weight excluding hydrogens is 458 g/mol. The first-order valence-electron chi connectivity index (χ1n) is 11.6. The molecule has 1 aromatic heterocycles. The number of carbonyl (C=O) groups is 2. The van der Waals surface area contributed by atoms with Crippen molar-refractivity contribution < 1.29 is 14.3 Å². The quantitative estimate of drug-likeness (QED) is 0.199. The maximum atomic E-state index is 12.8. The molecule has 0 bridgehead atoms. The Balaban J connectivity index is 0.00000167. The van der Waals surface area contributed by atoms with Crippen LogP contribution in [0.1, 0.15) is 57.8 Å². The van der Waals surface area contributed by atoms with Crippen molar-refractivity contribution >= 4 is 46.4 Å². The highest BCUT2D eigenvalue weighted by molar-refractivity contribution is 6.31. The molecule has 3 aromatic carbocycles. The van der Waals surface area contributed by atoms with Crippen LogP contribution in [0.3, 0.4) is 0 Å². The van der Waals surface area contributed by atoms with Crippen LogP contribution in [0.15, 0.2) is 78.9 Å². The van der Waals surface area contributed by atoms with Gasteiger partial charge in [0, 0.05) is 22.4 Å². The van der Waals surface area contributed by atoms with Crippen molar-refractivity contribution in [2.45, 2.75) is 26.7 Å². The van der Waals surface area contributed by atoms with Gasteiger partial charge in [-0.05, 0) is 54.0 Å². The van der Waals surface area contributed by atoms with Gasteiger partial charge in [0.25, 0.3) is 0 Å². The molecule has 0 saturated heterocycles. The third-order valence-electron chi connectivity index (χ3n) is 5.37. The lowest BCUT2D eigenvalue weighted by atomic mass is 9.98. The Morgan fingerprint density at radius 1 is 0.914 bits per heavy atom. The highest BCUT2D eigenvalue weighted by Crippen LogP contribution is 2.20. The zero-order chi connectivity index (χ0) is 25.2. The van der Waals surface area contributed by atoms with Crippen LogP contribution >= 0.6 is 11.6 Å². The molecule has 0 N–H and O–H groups in total. The lowest BCUT2D eigenvalue weighted by molar-refractivity contribution is 0.0599. The number of esters is 1. The fraction of sp³-hybridized carbons (Fsp3) is 0.167. The Bertz CT molecular complexity index is 1360. The summed E-state index contributed by atoms with van der Waals surface area (Å²) in [5.74, 6) is -0.377. The molecule has 0 radical (unpaired) electrons. The summed E-state index contributed by atoms with van der Waals surface area (Å²) in [4.78, 5) is 29.4. The van der Waals surface area contributed by atoms with Crippen LogP contribution < -0.4 is 0 Å². The van der Waals surface area contributed by atoms with Gasteiger partial charge >= 0.3 is 5.97 Å². The minimum absolute atomic E-state index is 0.0170. The summed E-state index contributed by atoms with van der Waals surface area (Å²) in [5.41, 5.74) is 4.47. The number of carbonyl (C=O) groups excluding carboxylic acids is 2. The Morgan fingerprint density at radius 3 is 2.49 bits per heavy atom. The largest absolute Gasteiger partial charge is 0.465 e. The second kappa shape index (κ2) is 12.6. The molecule has 1 heterocycles. The number of nitrogens with zero attached hydrogens (tertiary/aromatic N) is 1. The van der Waals surface area contributed by atoms with E-state index in [1.54, 1.807) is 12.1 Å². The maximum absolute atomic E-state index is 12.8. The van der Waals surface area contributed by atoms with E-state index in [0.717, 1.165) is 27.7 Å².